The SMILES string of the molecule is CCCCC(NCC)c1cc(C)ccc1C. The second-order valence-corrected chi connectivity index (χ2v) is 4.61. The van der Waals surface area contributed by atoms with Crippen molar-refractivity contribution in [3.05, 3.63) is 34.9 Å². The van der Waals surface area contributed by atoms with Crippen LogP contribution in [0.5, 0.6) is 0 Å². The van der Waals surface area contributed by atoms with Crippen LogP contribution < -0.4 is 5.32 Å². The van der Waals surface area contributed by atoms with Gasteiger partial charge in [-0.15, -0.1) is 0 Å². The molecule has 90 valence electrons. The number of rotatable bonds is 6. The van der Waals surface area contributed by atoms with E-state index in [4.69, 9.17) is 0 Å². The van der Waals surface area contributed by atoms with Gasteiger partial charge in [-0.25, -0.2) is 0 Å². The molecule has 1 heteroatoms. The quantitative estimate of drug-likeness (QED) is 0.758. The molecule has 16 heavy (non-hydrogen) atoms. The number of hydrogen-bond donors (Lipinski definition) is 1. The lowest BCUT2D eigenvalue weighted by Gasteiger charge is -2.20. The van der Waals surface area contributed by atoms with Gasteiger partial charge in [0.05, 0.1) is 0 Å². The van der Waals surface area contributed by atoms with Crippen LogP contribution in [0.25, 0.3) is 0 Å². The zero-order valence-electron chi connectivity index (χ0n) is 11.1. The molecule has 0 aromatic heterocycles. The van der Waals surface area contributed by atoms with Gasteiger partial charge in [0.2, 0.25) is 0 Å². The molecule has 0 aliphatic heterocycles. The van der Waals surface area contributed by atoms with Gasteiger partial charge in [-0.2, -0.15) is 0 Å². The molecule has 1 nitrogen and oxygen atoms in total. The maximum absolute atomic E-state index is 3.60. The van der Waals surface area contributed by atoms with Crippen molar-refractivity contribution in [3.63, 3.8) is 0 Å². The summed E-state index contributed by atoms with van der Waals surface area (Å²) >= 11 is 0. The molecular weight excluding hydrogens is 194 g/mol. The highest BCUT2D eigenvalue weighted by Gasteiger charge is 2.11. The summed E-state index contributed by atoms with van der Waals surface area (Å²) in [6.45, 7) is 9.87. The van der Waals surface area contributed by atoms with Gasteiger partial charge in [0.15, 0.2) is 0 Å². The zero-order chi connectivity index (χ0) is 12.0. The molecule has 1 atom stereocenters. The van der Waals surface area contributed by atoms with Crippen molar-refractivity contribution in [2.24, 2.45) is 0 Å². The molecule has 0 aliphatic carbocycles. The van der Waals surface area contributed by atoms with Gasteiger partial charge < -0.3 is 5.32 Å². The smallest absolute Gasteiger partial charge is 0.0322 e. The number of unbranched alkanes of at least 4 members (excludes halogenated alkanes) is 1. The zero-order valence-corrected chi connectivity index (χ0v) is 11.1. The molecule has 0 fully saturated rings. The van der Waals surface area contributed by atoms with E-state index in [1.54, 1.807) is 0 Å². The first kappa shape index (κ1) is 13.2. The normalized spacial score (nSPS) is 12.8. The molecule has 0 saturated heterocycles. The van der Waals surface area contributed by atoms with Gasteiger partial charge in [0.1, 0.15) is 0 Å². The van der Waals surface area contributed by atoms with E-state index >= 15 is 0 Å². The van der Waals surface area contributed by atoms with Crippen LogP contribution in [0, 0.1) is 13.8 Å². The van der Waals surface area contributed by atoms with Gasteiger partial charge in [-0.3, -0.25) is 0 Å². The Balaban J connectivity index is 2.85. The Labute approximate surface area is 100 Å². The summed E-state index contributed by atoms with van der Waals surface area (Å²) in [5.74, 6) is 0. The van der Waals surface area contributed by atoms with E-state index in [-0.39, 0.29) is 0 Å². The predicted molar refractivity (Wildman–Crippen MR) is 71.9 cm³/mol. The van der Waals surface area contributed by atoms with Crippen LogP contribution in [0.15, 0.2) is 18.2 Å². The largest absolute Gasteiger partial charge is 0.310 e. The van der Waals surface area contributed by atoms with Crippen molar-refractivity contribution in [2.45, 2.75) is 53.0 Å². The fourth-order valence-electron chi connectivity index (χ4n) is 2.16. The Hall–Kier alpha value is -0.820. The summed E-state index contributed by atoms with van der Waals surface area (Å²) in [4.78, 5) is 0. The van der Waals surface area contributed by atoms with E-state index in [0.29, 0.717) is 6.04 Å². The van der Waals surface area contributed by atoms with Crippen LogP contribution in [0.2, 0.25) is 0 Å². The first-order valence-corrected chi connectivity index (χ1v) is 6.49. The maximum Gasteiger partial charge on any atom is 0.0322 e. The van der Waals surface area contributed by atoms with E-state index in [1.165, 1.54) is 36.0 Å². The molecule has 0 saturated carbocycles. The summed E-state index contributed by atoms with van der Waals surface area (Å²) in [5.41, 5.74) is 4.25. The van der Waals surface area contributed by atoms with E-state index in [0.717, 1.165) is 6.54 Å². The second-order valence-electron chi connectivity index (χ2n) is 4.61. The van der Waals surface area contributed by atoms with Crippen molar-refractivity contribution < 1.29 is 0 Å². The fraction of sp³-hybridized carbons (Fsp3) is 0.600. The Bertz CT molecular complexity index is 317. The molecule has 0 spiro atoms. The third-order valence-corrected chi connectivity index (χ3v) is 3.11. The summed E-state index contributed by atoms with van der Waals surface area (Å²) in [6, 6.07) is 7.30. The average Bonchev–Trinajstić information content (AvgIpc) is 2.28. The summed E-state index contributed by atoms with van der Waals surface area (Å²) in [5, 5.41) is 3.60. The van der Waals surface area contributed by atoms with Gasteiger partial charge >= 0.3 is 0 Å². The first-order chi connectivity index (χ1) is 7.69. The van der Waals surface area contributed by atoms with E-state index in [1.807, 2.05) is 0 Å². The molecule has 1 aromatic rings. The standard InChI is InChI=1S/C15H25N/c1-5-7-8-15(16-6-2)14-11-12(3)9-10-13(14)4/h9-11,15-16H,5-8H2,1-4H3. The van der Waals surface area contributed by atoms with Gasteiger partial charge in [-0.05, 0) is 37.9 Å². The average molecular weight is 219 g/mol. The van der Waals surface area contributed by atoms with Crippen molar-refractivity contribution in [1.29, 1.82) is 0 Å². The molecule has 0 aliphatic rings. The van der Waals surface area contributed by atoms with Crippen molar-refractivity contribution >= 4 is 0 Å². The van der Waals surface area contributed by atoms with Gasteiger partial charge in [0, 0.05) is 6.04 Å². The highest BCUT2D eigenvalue weighted by Crippen LogP contribution is 2.23. The fourth-order valence-corrected chi connectivity index (χ4v) is 2.16. The lowest BCUT2D eigenvalue weighted by molar-refractivity contribution is 0.492. The minimum Gasteiger partial charge on any atom is -0.310 e. The molecular formula is C15H25N. The Morgan fingerprint density at radius 2 is 1.94 bits per heavy atom. The lowest BCUT2D eigenvalue weighted by atomic mass is 9.95. The summed E-state index contributed by atoms with van der Waals surface area (Å²) in [6.07, 6.45) is 3.81. The second kappa shape index (κ2) is 6.70. The van der Waals surface area contributed by atoms with Gasteiger partial charge in [-0.1, -0.05) is 50.5 Å². The summed E-state index contributed by atoms with van der Waals surface area (Å²) in [7, 11) is 0. The minimum absolute atomic E-state index is 0.532. The molecule has 1 aromatic carbocycles. The maximum atomic E-state index is 3.60. The first-order valence-electron chi connectivity index (χ1n) is 6.49. The number of hydrogen-bond acceptors (Lipinski definition) is 1. The highest BCUT2D eigenvalue weighted by atomic mass is 14.9. The molecule has 0 radical (unpaired) electrons. The lowest BCUT2D eigenvalue weighted by Crippen LogP contribution is -2.21. The van der Waals surface area contributed by atoms with E-state index < -0.39 is 0 Å². The number of aryl methyl sites for hydroxylation is 2. The molecule has 0 bridgehead atoms. The van der Waals surface area contributed by atoms with E-state index in [2.05, 4.69) is 51.2 Å². The minimum atomic E-state index is 0.532. The van der Waals surface area contributed by atoms with Crippen LogP contribution in [0.4, 0.5) is 0 Å². The number of nitrogens with one attached hydrogen (secondary N) is 1. The third-order valence-electron chi connectivity index (χ3n) is 3.11. The Morgan fingerprint density at radius 1 is 1.19 bits per heavy atom. The van der Waals surface area contributed by atoms with Crippen LogP contribution in [-0.4, -0.2) is 6.54 Å². The Kier molecular flexibility index (Phi) is 5.54. The third kappa shape index (κ3) is 3.64. The van der Waals surface area contributed by atoms with Crippen molar-refractivity contribution in [3.8, 4) is 0 Å². The molecule has 1 N–H and O–H groups in total. The molecule has 1 rings (SSSR count). The van der Waals surface area contributed by atoms with Crippen LogP contribution >= 0.6 is 0 Å². The summed E-state index contributed by atoms with van der Waals surface area (Å²) < 4.78 is 0. The van der Waals surface area contributed by atoms with E-state index in [9.17, 15) is 0 Å². The van der Waals surface area contributed by atoms with Gasteiger partial charge in [0.25, 0.3) is 0 Å². The van der Waals surface area contributed by atoms with Crippen molar-refractivity contribution in [2.75, 3.05) is 6.54 Å². The van der Waals surface area contributed by atoms with Crippen LogP contribution in [0.3, 0.4) is 0 Å². The topological polar surface area (TPSA) is 12.0 Å². The molecule has 0 amide bonds. The monoisotopic (exact) mass is 219 g/mol. The predicted octanol–water partition coefficient (Wildman–Crippen LogP) is 4.14. The van der Waals surface area contributed by atoms with Crippen molar-refractivity contribution in [1.82, 2.24) is 5.32 Å². The van der Waals surface area contributed by atoms with Crippen LogP contribution in [-0.2, 0) is 0 Å². The van der Waals surface area contributed by atoms with Crippen LogP contribution in [0.1, 0.15) is 55.8 Å². The number of benzene rings is 1. The molecule has 0 heterocycles. The highest BCUT2D eigenvalue weighted by molar-refractivity contribution is 5.33. The molecule has 1 unspecified atom stereocenters. The Morgan fingerprint density at radius 3 is 2.56 bits per heavy atom.